The van der Waals surface area contributed by atoms with Gasteiger partial charge in [-0.2, -0.15) is 0 Å². The summed E-state index contributed by atoms with van der Waals surface area (Å²) in [4.78, 5) is 25.6. The highest BCUT2D eigenvalue weighted by Gasteiger charge is 2.48. The molecule has 0 aliphatic heterocycles. The number of carboxylic acids is 2. The zero-order chi connectivity index (χ0) is 11.5. The number of aromatic nitrogens is 1. The number of methoxy groups -OCH3 is 1. The molecule has 0 atom stereocenters. The first-order valence-corrected chi connectivity index (χ1v) is 4.81. The Kier molecular flexibility index (Phi) is 3.38. The zero-order valence-electron chi connectivity index (χ0n) is 7.84. The third-order valence-electron chi connectivity index (χ3n) is 1.92. The molecule has 0 aromatic carbocycles. The van der Waals surface area contributed by atoms with Crippen molar-refractivity contribution in [3.63, 3.8) is 0 Å². The molecular formula is C8H9NO5S. The van der Waals surface area contributed by atoms with Gasteiger partial charge in [-0.05, 0) is 0 Å². The van der Waals surface area contributed by atoms with Crippen molar-refractivity contribution in [2.24, 2.45) is 0 Å². The van der Waals surface area contributed by atoms with E-state index in [0.29, 0.717) is 5.01 Å². The monoisotopic (exact) mass is 231 g/mol. The van der Waals surface area contributed by atoms with Crippen molar-refractivity contribution in [1.29, 1.82) is 0 Å². The second kappa shape index (κ2) is 4.37. The highest BCUT2D eigenvalue weighted by molar-refractivity contribution is 7.09. The van der Waals surface area contributed by atoms with E-state index in [-0.39, 0.29) is 6.42 Å². The van der Waals surface area contributed by atoms with Gasteiger partial charge in [0.25, 0.3) is 5.60 Å². The van der Waals surface area contributed by atoms with Crippen LogP contribution in [0.25, 0.3) is 0 Å². The molecule has 82 valence electrons. The number of hydrogen-bond acceptors (Lipinski definition) is 5. The summed E-state index contributed by atoms with van der Waals surface area (Å²) in [5, 5.41) is 19.8. The number of carboxylic acid groups (broad SMARTS) is 2. The molecule has 0 unspecified atom stereocenters. The van der Waals surface area contributed by atoms with Crippen LogP contribution in [0.1, 0.15) is 5.01 Å². The molecule has 15 heavy (non-hydrogen) atoms. The minimum absolute atomic E-state index is 0.286. The molecule has 1 aromatic heterocycles. The molecule has 0 fully saturated rings. The molecule has 0 radical (unpaired) electrons. The Morgan fingerprint density at radius 1 is 1.53 bits per heavy atom. The molecule has 6 nitrogen and oxygen atoms in total. The molecule has 0 saturated heterocycles. The van der Waals surface area contributed by atoms with Crippen LogP contribution in [0.2, 0.25) is 0 Å². The van der Waals surface area contributed by atoms with E-state index in [9.17, 15) is 9.59 Å². The predicted octanol–water partition coefficient (Wildman–Crippen LogP) is 0.240. The molecule has 0 spiro atoms. The summed E-state index contributed by atoms with van der Waals surface area (Å²) in [6.07, 6.45) is 1.19. The van der Waals surface area contributed by atoms with Gasteiger partial charge in [0.15, 0.2) is 0 Å². The third-order valence-corrected chi connectivity index (χ3v) is 2.70. The van der Waals surface area contributed by atoms with E-state index in [1.807, 2.05) is 0 Å². The minimum Gasteiger partial charge on any atom is -0.479 e. The average molecular weight is 231 g/mol. The van der Waals surface area contributed by atoms with Gasteiger partial charge in [-0.3, -0.25) is 0 Å². The molecule has 0 aliphatic rings. The molecule has 1 aromatic rings. The summed E-state index contributed by atoms with van der Waals surface area (Å²) in [5.41, 5.74) is -2.25. The fraction of sp³-hybridized carbons (Fsp3) is 0.375. The van der Waals surface area contributed by atoms with Crippen LogP contribution in [-0.4, -0.2) is 39.8 Å². The molecule has 1 heterocycles. The van der Waals surface area contributed by atoms with Crippen molar-refractivity contribution < 1.29 is 24.5 Å². The van der Waals surface area contributed by atoms with Crippen LogP contribution in [-0.2, 0) is 20.7 Å². The van der Waals surface area contributed by atoms with E-state index in [0.717, 1.165) is 7.11 Å². The van der Waals surface area contributed by atoms with Crippen LogP contribution in [0.5, 0.6) is 0 Å². The van der Waals surface area contributed by atoms with Gasteiger partial charge in [0.2, 0.25) is 0 Å². The lowest BCUT2D eigenvalue weighted by molar-refractivity contribution is -0.179. The zero-order valence-corrected chi connectivity index (χ0v) is 8.65. The SMILES string of the molecule is COC(Cc1nccs1)(C(=O)O)C(=O)O. The molecule has 0 bridgehead atoms. The molecule has 7 heteroatoms. The quantitative estimate of drug-likeness (QED) is 0.704. The number of carbonyl (C=O) groups is 2. The van der Waals surface area contributed by atoms with E-state index < -0.39 is 17.5 Å². The first kappa shape index (κ1) is 11.6. The Hall–Kier alpha value is -1.47. The second-order valence-electron chi connectivity index (χ2n) is 2.74. The maximum Gasteiger partial charge on any atom is 0.348 e. The average Bonchev–Trinajstić information content (AvgIpc) is 2.65. The first-order valence-electron chi connectivity index (χ1n) is 3.93. The van der Waals surface area contributed by atoms with E-state index in [1.54, 1.807) is 5.38 Å². The first-order chi connectivity index (χ1) is 7.03. The summed E-state index contributed by atoms with van der Waals surface area (Å²) in [6.45, 7) is 0. The molecule has 0 saturated carbocycles. The Balaban J connectivity index is 3.00. The van der Waals surface area contributed by atoms with Crippen LogP contribution in [0, 0.1) is 0 Å². The normalized spacial score (nSPS) is 11.3. The van der Waals surface area contributed by atoms with E-state index in [2.05, 4.69) is 9.72 Å². The number of rotatable bonds is 5. The van der Waals surface area contributed by atoms with Gasteiger partial charge in [-0.25, -0.2) is 14.6 Å². The van der Waals surface area contributed by atoms with E-state index in [1.165, 1.54) is 17.5 Å². The van der Waals surface area contributed by atoms with Gasteiger partial charge in [-0.15, -0.1) is 11.3 Å². The summed E-state index contributed by atoms with van der Waals surface area (Å²) < 4.78 is 4.60. The van der Waals surface area contributed by atoms with Gasteiger partial charge in [0, 0.05) is 18.7 Å². The van der Waals surface area contributed by atoms with Gasteiger partial charge >= 0.3 is 11.9 Å². The van der Waals surface area contributed by atoms with Crippen LogP contribution < -0.4 is 0 Å². The van der Waals surface area contributed by atoms with Crippen LogP contribution in [0.4, 0.5) is 0 Å². The summed E-state index contributed by atoms with van der Waals surface area (Å²) in [7, 11) is 1.05. The van der Waals surface area contributed by atoms with Crippen molar-refractivity contribution >= 4 is 23.3 Å². The van der Waals surface area contributed by atoms with Crippen molar-refractivity contribution in [3.05, 3.63) is 16.6 Å². The number of ether oxygens (including phenoxy) is 1. The second-order valence-corrected chi connectivity index (χ2v) is 3.72. The molecule has 0 amide bonds. The number of thiazole rings is 1. The van der Waals surface area contributed by atoms with Gasteiger partial charge in [0.1, 0.15) is 0 Å². The number of aliphatic carboxylic acids is 2. The molecule has 0 aliphatic carbocycles. The Morgan fingerprint density at radius 3 is 2.47 bits per heavy atom. The highest BCUT2D eigenvalue weighted by Crippen LogP contribution is 2.20. The standard InChI is InChI=1S/C8H9NO5S/c1-14-8(6(10)11,7(12)13)4-5-9-2-3-15-5/h2-3H,4H2,1H3,(H,10,11)(H,12,13). The summed E-state index contributed by atoms with van der Waals surface area (Å²) in [5.74, 6) is -3.07. The fourth-order valence-electron chi connectivity index (χ4n) is 1.04. The summed E-state index contributed by atoms with van der Waals surface area (Å²) >= 11 is 1.18. The fourth-order valence-corrected chi connectivity index (χ4v) is 1.73. The molecular weight excluding hydrogens is 222 g/mol. The predicted molar refractivity (Wildman–Crippen MR) is 50.8 cm³/mol. The van der Waals surface area contributed by atoms with Crippen LogP contribution in [0.15, 0.2) is 11.6 Å². The topological polar surface area (TPSA) is 96.7 Å². The maximum absolute atomic E-state index is 10.9. The largest absolute Gasteiger partial charge is 0.479 e. The van der Waals surface area contributed by atoms with Crippen molar-refractivity contribution in [1.82, 2.24) is 4.98 Å². The lowest BCUT2D eigenvalue weighted by atomic mass is 10.0. The smallest absolute Gasteiger partial charge is 0.348 e. The Bertz CT molecular complexity index is 347. The number of nitrogens with zero attached hydrogens (tertiary/aromatic N) is 1. The molecule has 2 N–H and O–H groups in total. The van der Waals surface area contributed by atoms with Crippen LogP contribution >= 0.6 is 11.3 Å². The van der Waals surface area contributed by atoms with Crippen molar-refractivity contribution in [3.8, 4) is 0 Å². The van der Waals surface area contributed by atoms with Crippen molar-refractivity contribution in [2.75, 3.05) is 7.11 Å². The lowest BCUT2D eigenvalue weighted by Gasteiger charge is -2.21. The van der Waals surface area contributed by atoms with Crippen molar-refractivity contribution in [2.45, 2.75) is 12.0 Å². The van der Waals surface area contributed by atoms with Gasteiger partial charge in [0.05, 0.1) is 11.4 Å². The van der Waals surface area contributed by atoms with Gasteiger partial charge < -0.3 is 14.9 Å². The maximum atomic E-state index is 10.9. The minimum atomic E-state index is -2.25. The third kappa shape index (κ3) is 2.13. The highest BCUT2D eigenvalue weighted by atomic mass is 32.1. The van der Waals surface area contributed by atoms with Crippen LogP contribution in [0.3, 0.4) is 0 Å². The molecule has 1 rings (SSSR count). The Labute approximate surface area is 89.1 Å². The lowest BCUT2D eigenvalue weighted by Crippen LogP contribution is -2.50. The summed E-state index contributed by atoms with van der Waals surface area (Å²) in [6, 6.07) is 0. The Morgan fingerprint density at radius 2 is 2.13 bits per heavy atom. The van der Waals surface area contributed by atoms with E-state index in [4.69, 9.17) is 10.2 Å². The number of hydrogen-bond donors (Lipinski definition) is 2. The van der Waals surface area contributed by atoms with E-state index >= 15 is 0 Å². The van der Waals surface area contributed by atoms with Gasteiger partial charge in [-0.1, -0.05) is 0 Å².